The van der Waals surface area contributed by atoms with Gasteiger partial charge in [-0.25, -0.2) is 0 Å². The Morgan fingerprint density at radius 3 is 2.22 bits per heavy atom. The van der Waals surface area contributed by atoms with Crippen LogP contribution in [0.5, 0.6) is 0 Å². The van der Waals surface area contributed by atoms with Crippen molar-refractivity contribution in [2.24, 2.45) is 11.3 Å². The molecular formula is C15H15IN2. The molecule has 0 aromatic heterocycles. The van der Waals surface area contributed by atoms with Crippen LogP contribution in [0.25, 0.3) is 5.57 Å². The van der Waals surface area contributed by atoms with Gasteiger partial charge in [-0.3, -0.25) is 0 Å². The summed E-state index contributed by atoms with van der Waals surface area (Å²) < 4.78 is 1.96. The normalized spacial score (nSPS) is 12.0. The summed E-state index contributed by atoms with van der Waals surface area (Å²) in [5.74, 6) is 0.00237. The van der Waals surface area contributed by atoms with Crippen molar-refractivity contribution >= 4 is 28.2 Å². The van der Waals surface area contributed by atoms with E-state index in [1.807, 2.05) is 48.3 Å². The van der Waals surface area contributed by atoms with E-state index in [0.717, 1.165) is 11.1 Å². The summed E-state index contributed by atoms with van der Waals surface area (Å²) in [6.07, 6.45) is 0.463. The van der Waals surface area contributed by atoms with Crippen LogP contribution >= 0.6 is 22.6 Å². The number of rotatable bonds is 4. The monoisotopic (exact) mass is 350 g/mol. The van der Waals surface area contributed by atoms with E-state index in [1.54, 1.807) is 0 Å². The molecule has 0 saturated heterocycles. The molecule has 18 heavy (non-hydrogen) atoms. The third-order valence-electron chi connectivity index (χ3n) is 3.13. The third kappa shape index (κ3) is 3.11. The summed E-state index contributed by atoms with van der Waals surface area (Å²) in [5.41, 5.74) is 1.16. The van der Waals surface area contributed by atoms with E-state index in [-0.39, 0.29) is 5.92 Å². The quantitative estimate of drug-likeness (QED) is 0.749. The van der Waals surface area contributed by atoms with Crippen LogP contribution < -0.4 is 0 Å². The molecule has 0 amide bonds. The van der Waals surface area contributed by atoms with E-state index in [4.69, 9.17) is 0 Å². The lowest BCUT2D eigenvalue weighted by Crippen LogP contribution is -2.23. The number of allylic oxidation sites excluding steroid dienone is 1. The lowest BCUT2D eigenvalue weighted by Gasteiger charge is -2.24. The maximum absolute atomic E-state index is 9.34. The number of benzene rings is 1. The van der Waals surface area contributed by atoms with Crippen LogP contribution in [0.3, 0.4) is 0 Å². The predicted octanol–water partition coefficient (Wildman–Crippen LogP) is 4.54. The van der Waals surface area contributed by atoms with Gasteiger partial charge in [-0.05, 0) is 21.1 Å². The van der Waals surface area contributed by atoms with Gasteiger partial charge < -0.3 is 0 Å². The molecule has 0 aliphatic heterocycles. The van der Waals surface area contributed by atoms with Gasteiger partial charge in [-0.15, -0.1) is 0 Å². The van der Waals surface area contributed by atoms with Crippen LogP contribution in [0, 0.1) is 34.0 Å². The Hall–Kier alpha value is -1.33. The summed E-state index contributed by atoms with van der Waals surface area (Å²) in [6.45, 7) is 3.84. The zero-order valence-electron chi connectivity index (χ0n) is 10.5. The Balaban J connectivity index is 3.09. The summed E-state index contributed by atoms with van der Waals surface area (Å²) in [7, 11) is 0. The number of nitrogens with zero attached hydrogens (tertiary/aromatic N) is 2. The number of hydrogen-bond acceptors (Lipinski definition) is 2. The molecule has 0 heterocycles. The van der Waals surface area contributed by atoms with Crippen LogP contribution in [0.2, 0.25) is 0 Å². The Morgan fingerprint density at radius 1 is 1.28 bits per heavy atom. The Labute approximate surface area is 122 Å². The molecule has 0 unspecified atom stereocenters. The second-order valence-electron chi connectivity index (χ2n) is 4.53. The maximum Gasteiger partial charge on any atom is 0.150 e. The highest BCUT2D eigenvalue weighted by Crippen LogP contribution is 2.37. The predicted molar refractivity (Wildman–Crippen MR) is 81.6 cm³/mol. The minimum absolute atomic E-state index is 0.00237. The Kier molecular flexibility index (Phi) is 5.37. The van der Waals surface area contributed by atoms with E-state index in [2.05, 4.69) is 34.7 Å². The highest BCUT2D eigenvalue weighted by molar-refractivity contribution is 14.1. The highest BCUT2D eigenvalue weighted by Gasteiger charge is 2.35. The molecule has 0 radical (unpaired) electrons. The zero-order valence-corrected chi connectivity index (χ0v) is 12.7. The summed E-state index contributed by atoms with van der Waals surface area (Å²) in [5, 5.41) is 18.7. The molecule has 92 valence electrons. The van der Waals surface area contributed by atoms with E-state index in [9.17, 15) is 10.5 Å². The zero-order chi connectivity index (χ0) is 13.6. The van der Waals surface area contributed by atoms with Gasteiger partial charge >= 0.3 is 0 Å². The van der Waals surface area contributed by atoms with Crippen LogP contribution in [-0.2, 0) is 0 Å². The topological polar surface area (TPSA) is 47.6 Å². The van der Waals surface area contributed by atoms with E-state index in [1.165, 1.54) is 0 Å². The molecule has 2 nitrogen and oxygen atoms in total. The molecule has 0 saturated carbocycles. The standard InChI is InChI=1S/C15H15IN2/c1-12(2)15(10-17,11-18)8-14(9-16)13-6-4-3-5-7-13/h3-7,9,12H,8H2,1-2H3. The van der Waals surface area contributed by atoms with Crippen molar-refractivity contribution in [3.8, 4) is 12.1 Å². The fourth-order valence-electron chi connectivity index (χ4n) is 1.72. The first-order valence-corrected chi connectivity index (χ1v) is 7.01. The molecule has 1 aromatic rings. The maximum atomic E-state index is 9.34. The first kappa shape index (κ1) is 14.7. The molecule has 1 rings (SSSR count). The molecule has 0 spiro atoms. The minimum atomic E-state index is -0.952. The van der Waals surface area contributed by atoms with E-state index in [0.29, 0.717) is 6.42 Å². The number of nitriles is 2. The summed E-state index contributed by atoms with van der Waals surface area (Å²) in [4.78, 5) is 0. The van der Waals surface area contributed by atoms with Crippen LogP contribution in [0.1, 0.15) is 25.8 Å². The van der Waals surface area contributed by atoms with Gasteiger partial charge in [0.2, 0.25) is 0 Å². The fourth-order valence-corrected chi connectivity index (χ4v) is 2.30. The van der Waals surface area contributed by atoms with Crippen molar-refractivity contribution in [1.29, 1.82) is 10.5 Å². The van der Waals surface area contributed by atoms with Gasteiger partial charge in [0.15, 0.2) is 0 Å². The van der Waals surface area contributed by atoms with Gasteiger partial charge in [0.05, 0.1) is 12.1 Å². The van der Waals surface area contributed by atoms with Crippen LogP contribution in [-0.4, -0.2) is 0 Å². The highest BCUT2D eigenvalue weighted by atomic mass is 127. The van der Waals surface area contributed by atoms with Crippen molar-refractivity contribution < 1.29 is 0 Å². The second kappa shape index (κ2) is 6.56. The Bertz CT molecular complexity index is 490. The Morgan fingerprint density at radius 2 is 1.83 bits per heavy atom. The average Bonchev–Trinajstić information content (AvgIpc) is 2.41. The first-order chi connectivity index (χ1) is 8.59. The lowest BCUT2D eigenvalue weighted by atomic mass is 9.74. The average molecular weight is 350 g/mol. The van der Waals surface area contributed by atoms with Gasteiger partial charge in [0.1, 0.15) is 5.41 Å². The van der Waals surface area contributed by atoms with Gasteiger partial charge in [-0.1, -0.05) is 66.8 Å². The van der Waals surface area contributed by atoms with Crippen molar-refractivity contribution in [2.75, 3.05) is 0 Å². The molecular weight excluding hydrogens is 335 g/mol. The van der Waals surface area contributed by atoms with Crippen molar-refractivity contribution in [3.63, 3.8) is 0 Å². The summed E-state index contributed by atoms with van der Waals surface area (Å²) in [6, 6.07) is 14.3. The molecule has 3 heteroatoms. The van der Waals surface area contributed by atoms with Crippen LogP contribution in [0.4, 0.5) is 0 Å². The van der Waals surface area contributed by atoms with E-state index < -0.39 is 5.41 Å². The van der Waals surface area contributed by atoms with Crippen molar-refractivity contribution in [3.05, 3.63) is 40.0 Å². The van der Waals surface area contributed by atoms with Crippen LogP contribution in [0.15, 0.2) is 34.4 Å². The molecule has 0 N–H and O–H groups in total. The van der Waals surface area contributed by atoms with Gasteiger partial charge in [-0.2, -0.15) is 10.5 Å². The second-order valence-corrected chi connectivity index (χ2v) is 5.15. The van der Waals surface area contributed by atoms with Gasteiger partial charge in [0, 0.05) is 6.42 Å². The lowest BCUT2D eigenvalue weighted by molar-refractivity contribution is 0.378. The van der Waals surface area contributed by atoms with Gasteiger partial charge in [0.25, 0.3) is 0 Å². The molecule has 0 aliphatic rings. The molecule has 0 atom stereocenters. The molecule has 0 bridgehead atoms. The van der Waals surface area contributed by atoms with Crippen molar-refractivity contribution in [1.82, 2.24) is 0 Å². The first-order valence-electron chi connectivity index (χ1n) is 5.77. The fraction of sp³-hybridized carbons (Fsp3) is 0.333. The molecule has 0 aliphatic carbocycles. The number of halogens is 1. The minimum Gasteiger partial charge on any atom is -0.197 e. The van der Waals surface area contributed by atoms with E-state index >= 15 is 0 Å². The molecule has 1 aromatic carbocycles. The SMILES string of the molecule is CC(C)C(C#N)(C#N)CC(=CI)c1ccccc1. The van der Waals surface area contributed by atoms with Crippen molar-refractivity contribution in [2.45, 2.75) is 20.3 Å². The summed E-state index contributed by atoms with van der Waals surface area (Å²) >= 11 is 2.17. The number of hydrogen-bond donors (Lipinski definition) is 0. The largest absolute Gasteiger partial charge is 0.197 e. The smallest absolute Gasteiger partial charge is 0.150 e. The molecule has 0 fully saturated rings. The third-order valence-corrected chi connectivity index (χ3v) is 3.88.